The van der Waals surface area contributed by atoms with E-state index in [-0.39, 0.29) is 0 Å². The fourth-order valence-corrected chi connectivity index (χ4v) is 5.11. The minimum Gasteiger partial charge on any atom is -0.255 e. The fourth-order valence-electron chi connectivity index (χ4n) is 5.11. The van der Waals surface area contributed by atoms with Gasteiger partial charge in [0.1, 0.15) is 0 Å². The number of hydrogen-bond acceptors (Lipinski definition) is 2. The van der Waals surface area contributed by atoms with Crippen molar-refractivity contribution >= 4 is 35.5 Å². The largest absolute Gasteiger partial charge is 0.255 e. The van der Waals surface area contributed by atoms with E-state index < -0.39 is 0 Å². The molecule has 2 aromatic carbocycles. The van der Waals surface area contributed by atoms with Crippen LogP contribution in [0.3, 0.4) is 0 Å². The van der Waals surface area contributed by atoms with Gasteiger partial charge >= 0.3 is 0 Å². The van der Waals surface area contributed by atoms with Gasteiger partial charge in [-0.25, -0.2) is 0 Å². The highest BCUT2D eigenvalue weighted by molar-refractivity contribution is 6.31. The number of aliphatic imine (C=N–C) groups is 2. The summed E-state index contributed by atoms with van der Waals surface area (Å²) >= 11 is 0. The van der Waals surface area contributed by atoms with E-state index in [9.17, 15) is 0 Å². The lowest BCUT2D eigenvalue weighted by molar-refractivity contribution is 0.592. The van der Waals surface area contributed by atoms with Gasteiger partial charge in [0.2, 0.25) is 0 Å². The molecule has 0 radical (unpaired) electrons. The Morgan fingerprint density at radius 1 is 0.548 bits per heavy atom. The van der Waals surface area contributed by atoms with Gasteiger partial charge in [-0.2, -0.15) is 0 Å². The maximum Gasteiger partial charge on any atom is 0.0639 e. The quantitative estimate of drug-likeness (QED) is 0.0888. The third-order valence-electron chi connectivity index (χ3n) is 7.73. The first-order valence-electron chi connectivity index (χ1n) is 17.4. The molecule has 0 unspecified atom stereocenters. The summed E-state index contributed by atoms with van der Waals surface area (Å²) in [5.41, 5.74) is 5.48. The molecule has 0 amide bonds. The van der Waals surface area contributed by atoms with Gasteiger partial charge in [-0.3, -0.25) is 9.98 Å². The van der Waals surface area contributed by atoms with Crippen molar-refractivity contribution in [2.75, 3.05) is 0 Å². The SMILES string of the molecule is CCCCCCCCCC=Cc1cccc(N=CC(CCCC)=Nc2cccc(C=CCCCCCCCCC)c2)c1. The van der Waals surface area contributed by atoms with Gasteiger partial charge in [0.05, 0.1) is 17.1 Å². The smallest absolute Gasteiger partial charge is 0.0639 e. The van der Waals surface area contributed by atoms with Crippen LogP contribution in [0, 0.1) is 0 Å². The second-order valence-corrected chi connectivity index (χ2v) is 11.8. The molecule has 2 nitrogen and oxygen atoms in total. The van der Waals surface area contributed by atoms with Crippen molar-refractivity contribution in [3.63, 3.8) is 0 Å². The second kappa shape index (κ2) is 24.8. The summed E-state index contributed by atoms with van der Waals surface area (Å²) in [6.07, 6.45) is 35.6. The zero-order valence-corrected chi connectivity index (χ0v) is 27.3. The molecule has 0 aliphatic heterocycles. The summed E-state index contributed by atoms with van der Waals surface area (Å²) in [7, 11) is 0. The van der Waals surface area contributed by atoms with Crippen molar-refractivity contribution < 1.29 is 0 Å². The average Bonchev–Trinajstić information content (AvgIpc) is 3.01. The lowest BCUT2D eigenvalue weighted by Crippen LogP contribution is -1.99. The van der Waals surface area contributed by atoms with Gasteiger partial charge in [-0.1, -0.05) is 153 Å². The van der Waals surface area contributed by atoms with E-state index in [1.807, 2.05) is 6.21 Å². The maximum atomic E-state index is 5.01. The molecule has 0 aliphatic rings. The van der Waals surface area contributed by atoms with Crippen LogP contribution >= 0.6 is 0 Å². The normalized spacial score (nSPS) is 12.4. The molecular weight excluding hydrogens is 508 g/mol. The zero-order valence-electron chi connectivity index (χ0n) is 27.3. The van der Waals surface area contributed by atoms with E-state index >= 15 is 0 Å². The second-order valence-electron chi connectivity index (χ2n) is 11.8. The highest BCUT2D eigenvalue weighted by Gasteiger charge is 2.00. The maximum absolute atomic E-state index is 5.01. The van der Waals surface area contributed by atoms with Crippen LogP contribution in [0.1, 0.15) is 154 Å². The number of allylic oxidation sites excluding steroid dienone is 2. The molecule has 42 heavy (non-hydrogen) atoms. The molecule has 0 fully saturated rings. The number of hydrogen-bond donors (Lipinski definition) is 0. The summed E-state index contributed by atoms with van der Waals surface area (Å²) in [6.45, 7) is 6.79. The van der Waals surface area contributed by atoms with Crippen molar-refractivity contribution in [1.82, 2.24) is 0 Å². The number of benzene rings is 2. The van der Waals surface area contributed by atoms with Crippen molar-refractivity contribution in [2.45, 2.75) is 143 Å². The van der Waals surface area contributed by atoms with E-state index in [0.717, 1.165) is 49.2 Å². The molecule has 0 heterocycles. The lowest BCUT2D eigenvalue weighted by atomic mass is 10.1. The third-order valence-corrected chi connectivity index (χ3v) is 7.73. The monoisotopic (exact) mass is 568 g/mol. The Bertz CT molecular complexity index is 1060. The zero-order chi connectivity index (χ0) is 29.9. The molecule has 0 saturated heterocycles. The summed E-state index contributed by atoms with van der Waals surface area (Å²) in [5, 5.41) is 0. The standard InChI is InChI=1S/C40H60N2/c1-4-7-10-12-14-16-18-20-22-26-36-28-24-31-38(33-36)41-35-40(30-9-6-3)42-39-32-25-29-37(34-39)27-23-21-19-17-15-13-11-8-5-2/h22-29,31-35H,4-21,30H2,1-3H3. The van der Waals surface area contributed by atoms with Gasteiger partial charge in [0, 0.05) is 6.21 Å². The first kappa shape index (κ1) is 35.5. The van der Waals surface area contributed by atoms with Crippen molar-refractivity contribution in [3.05, 3.63) is 71.8 Å². The van der Waals surface area contributed by atoms with Crippen LogP contribution in [0.2, 0.25) is 0 Å². The van der Waals surface area contributed by atoms with E-state index in [0.29, 0.717) is 0 Å². The van der Waals surface area contributed by atoms with Crippen LogP contribution in [0.25, 0.3) is 12.2 Å². The summed E-state index contributed by atoms with van der Waals surface area (Å²) in [5.74, 6) is 0. The molecule has 0 aromatic heterocycles. The molecule has 2 rings (SSSR count). The molecule has 0 atom stereocenters. The first-order chi connectivity index (χ1) is 20.7. The number of rotatable bonds is 24. The molecule has 0 aliphatic carbocycles. The van der Waals surface area contributed by atoms with Gasteiger partial charge in [-0.15, -0.1) is 0 Å². The van der Waals surface area contributed by atoms with Crippen molar-refractivity contribution in [3.8, 4) is 0 Å². The lowest BCUT2D eigenvalue weighted by Gasteiger charge is -2.03. The third kappa shape index (κ3) is 17.9. The predicted molar refractivity (Wildman–Crippen MR) is 191 cm³/mol. The molecule has 0 bridgehead atoms. The van der Waals surface area contributed by atoms with Gasteiger partial charge < -0.3 is 0 Å². The predicted octanol–water partition coefficient (Wildman–Crippen LogP) is 13.7. The molecule has 0 N–H and O–H groups in total. The van der Waals surface area contributed by atoms with Crippen LogP contribution in [-0.4, -0.2) is 11.9 Å². The summed E-state index contributed by atoms with van der Waals surface area (Å²) in [6, 6.07) is 17.1. The van der Waals surface area contributed by atoms with Crippen LogP contribution in [0.5, 0.6) is 0 Å². The van der Waals surface area contributed by atoms with E-state index in [1.165, 1.54) is 101 Å². The van der Waals surface area contributed by atoms with Crippen LogP contribution < -0.4 is 0 Å². The summed E-state index contributed by atoms with van der Waals surface area (Å²) < 4.78 is 0. The Kier molecular flexibility index (Phi) is 21.0. The van der Waals surface area contributed by atoms with E-state index in [1.54, 1.807) is 0 Å². The Labute approximate surface area is 259 Å². The van der Waals surface area contributed by atoms with Crippen LogP contribution in [0.4, 0.5) is 11.4 Å². The molecular formula is C40H60N2. The minimum absolute atomic E-state index is 0.941. The van der Waals surface area contributed by atoms with Crippen LogP contribution in [-0.2, 0) is 0 Å². The van der Waals surface area contributed by atoms with E-state index in [4.69, 9.17) is 9.98 Å². The number of nitrogens with zero attached hydrogens (tertiary/aromatic N) is 2. The molecule has 2 aromatic rings. The molecule has 230 valence electrons. The average molecular weight is 569 g/mol. The fraction of sp³-hybridized carbons (Fsp3) is 0.550. The highest BCUT2D eigenvalue weighted by Crippen LogP contribution is 2.19. The number of unbranched alkanes of at least 4 members (excludes halogenated alkanes) is 15. The Balaban J connectivity index is 1.90. The topological polar surface area (TPSA) is 24.7 Å². The van der Waals surface area contributed by atoms with Crippen molar-refractivity contribution in [2.24, 2.45) is 9.98 Å². The Hall–Kier alpha value is -2.74. The summed E-state index contributed by atoms with van der Waals surface area (Å²) in [4.78, 5) is 9.84. The highest BCUT2D eigenvalue weighted by atomic mass is 14.8. The van der Waals surface area contributed by atoms with Gasteiger partial charge in [0.25, 0.3) is 0 Å². The van der Waals surface area contributed by atoms with Gasteiger partial charge in [-0.05, 0) is 73.9 Å². The Morgan fingerprint density at radius 3 is 1.57 bits per heavy atom. The molecule has 0 saturated carbocycles. The molecule has 0 spiro atoms. The molecule has 2 heteroatoms. The van der Waals surface area contributed by atoms with Crippen LogP contribution in [0.15, 0.2) is 70.7 Å². The Morgan fingerprint density at radius 2 is 1.02 bits per heavy atom. The van der Waals surface area contributed by atoms with E-state index in [2.05, 4.69) is 93.6 Å². The minimum atomic E-state index is 0.941. The van der Waals surface area contributed by atoms with Gasteiger partial charge in [0.15, 0.2) is 0 Å². The van der Waals surface area contributed by atoms with Crippen molar-refractivity contribution in [1.29, 1.82) is 0 Å². The first-order valence-corrected chi connectivity index (χ1v) is 17.4.